The van der Waals surface area contributed by atoms with Gasteiger partial charge in [-0.25, -0.2) is 9.97 Å². The lowest BCUT2D eigenvalue weighted by Crippen LogP contribution is -1.94. The molecule has 0 amide bonds. The molecule has 0 aliphatic rings. The van der Waals surface area contributed by atoms with E-state index in [1.807, 2.05) is 0 Å². The molecule has 276 valence electrons. The van der Waals surface area contributed by atoms with E-state index in [0.717, 1.165) is 84.1 Å². The summed E-state index contributed by atoms with van der Waals surface area (Å²) in [5.74, 6) is 0. The Morgan fingerprint density at radius 2 is 0.780 bits per heavy atom. The summed E-state index contributed by atoms with van der Waals surface area (Å²) in [6.45, 7) is 0. The number of benzene rings is 8. The van der Waals surface area contributed by atoms with Crippen LogP contribution in [0.3, 0.4) is 0 Å². The minimum atomic E-state index is 0.915. The summed E-state index contributed by atoms with van der Waals surface area (Å²) in [6.07, 6.45) is 2.24. The molecule has 0 aliphatic heterocycles. The maximum atomic E-state index is 5.48. The van der Waals surface area contributed by atoms with Crippen LogP contribution in [0.5, 0.6) is 0 Å². The van der Waals surface area contributed by atoms with Crippen LogP contribution in [0.1, 0.15) is 0 Å². The summed E-state index contributed by atoms with van der Waals surface area (Å²) in [6, 6.07) is 77.7. The first-order valence-corrected chi connectivity index (χ1v) is 20.1. The first-order valence-electron chi connectivity index (χ1n) is 20.1. The molecule has 0 saturated carbocycles. The van der Waals surface area contributed by atoms with Gasteiger partial charge in [0.25, 0.3) is 0 Å². The van der Waals surface area contributed by atoms with Crippen LogP contribution in [-0.4, -0.2) is 14.4 Å². The van der Waals surface area contributed by atoms with Gasteiger partial charge in [-0.05, 0) is 79.7 Å². The number of hydrogen-bond donors (Lipinski definition) is 0. The van der Waals surface area contributed by atoms with Gasteiger partial charge in [0.2, 0.25) is 0 Å². The number of pyridine rings is 2. The fraction of sp³-hybridized carbons (Fsp3) is 0. The van der Waals surface area contributed by atoms with Crippen molar-refractivity contribution < 1.29 is 0 Å². The Labute approximate surface area is 343 Å². The van der Waals surface area contributed by atoms with Gasteiger partial charge in [0.05, 0.1) is 22.8 Å². The highest BCUT2D eigenvalue weighted by Crippen LogP contribution is 2.40. The van der Waals surface area contributed by atoms with E-state index in [0.29, 0.717) is 0 Å². The average molecular weight is 752 g/mol. The Bertz CT molecular complexity index is 3200. The molecule has 0 atom stereocenters. The topological polar surface area (TPSA) is 30.2 Å². The molecule has 3 heterocycles. The molecule has 0 N–H and O–H groups in total. The molecule has 0 fully saturated rings. The summed E-state index contributed by atoms with van der Waals surface area (Å²) >= 11 is 0. The zero-order valence-corrected chi connectivity index (χ0v) is 32.2. The van der Waals surface area contributed by atoms with Crippen molar-refractivity contribution in [3.05, 3.63) is 225 Å². The normalized spacial score (nSPS) is 11.4. The van der Waals surface area contributed by atoms with Gasteiger partial charge in [-0.1, -0.05) is 188 Å². The monoisotopic (exact) mass is 751 g/mol. The van der Waals surface area contributed by atoms with Crippen molar-refractivity contribution in [3.8, 4) is 78.4 Å². The van der Waals surface area contributed by atoms with Gasteiger partial charge >= 0.3 is 0 Å². The Morgan fingerprint density at radius 3 is 1.42 bits per heavy atom. The van der Waals surface area contributed by atoms with Crippen LogP contribution in [-0.2, 0) is 0 Å². The molecule has 0 spiro atoms. The SMILES string of the molecule is c1ccc(-c2cc(-c3ccccc3)c3nc(-c4ccc(-c5cc(-c6ccc7ccccc7c6)cc(-c6ccc7ccccc7c6)n5)cc4)c(-c4ccccc4)n3c2)cc1. The molecule has 0 unspecified atom stereocenters. The molecular formula is C56H37N3. The fourth-order valence-corrected chi connectivity index (χ4v) is 8.35. The first-order chi connectivity index (χ1) is 29.2. The fourth-order valence-electron chi connectivity index (χ4n) is 8.35. The molecule has 11 rings (SSSR count). The minimum Gasteiger partial charge on any atom is -0.298 e. The van der Waals surface area contributed by atoms with Crippen LogP contribution < -0.4 is 0 Å². The van der Waals surface area contributed by atoms with Crippen LogP contribution >= 0.6 is 0 Å². The van der Waals surface area contributed by atoms with Gasteiger partial charge < -0.3 is 0 Å². The van der Waals surface area contributed by atoms with Crippen molar-refractivity contribution >= 4 is 27.2 Å². The number of hydrogen-bond acceptors (Lipinski definition) is 2. The lowest BCUT2D eigenvalue weighted by atomic mass is 9.96. The Hall–Kier alpha value is -7.88. The molecule has 0 radical (unpaired) electrons. The largest absolute Gasteiger partial charge is 0.298 e. The minimum absolute atomic E-state index is 0.915. The van der Waals surface area contributed by atoms with Crippen LogP contribution in [0.15, 0.2) is 225 Å². The molecular weight excluding hydrogens is 715 g/mol. The lowest BCUT2D eigenvalue weighted by molar-refractivity contribution is 1.19. The second kappa shape index (κ2) is 14.6. The molecule has 0 bridgehead atoms. The highest BCUT2D eigenvalue weighted by Gasteiger charge is 2.21. The summed E-state index contributed by atoms with van der Waals surface area (Å²) in [4.78, 5) is 10.8. The summed E-state index contributed by atoms with van der Waals surface area (Å²) in [5, 5.41) is 4.85. The second-order valence-corrected chi connectivity index (χ2v) is 15.1. The van der Waals surface area contributed by atoms with Crippen LogP contribution in [0.2, 0.25) is 0 Å². The van der Waals surface area contributed by atoms with Crippen molar-refractivity contribution in [1.82, 2.24) is 14.4 Å². The highest BCUT2D eigenvalue weighted by molar-refractivity contribution is 5.92. The average Bonchev–Trinajstić information content (AvgIpc) is 3.71. The van der Waals surface area contributed by atoms with E-state index < -0.39 is 0 Å². The molecule has 0 saturated heterocycles. The van der Waals surface area contributed by atoms with Gasteiger partial charge in [-0.3, -0.25) is 4.40 Å². The summed E-state index contributed by atoms with van der Waals surface area (Å²) in [7, 11) is 0. The molecule has 8 aromatic carbocycles. The van der Waals surface area contributed by atoms with E-state index in [1.165, 1.54) is 21.5 Å². The van der Waals surface area contributed by atoms with Crippen molar-refractivity contribution in [2.24, 2.45) is 0 Å². The second-order valence-electron chi connectivity index (χ2n) is 15.1. The summed E-state index contributed by atoms with van der Waals surface area (Å²) in [5.41, 5.74) is 15.8. The Morgan fingerprint density at radius 1 is 0.288 bits per heavy atom. The Balaban J connectivity index is 1.08. The van der Waals surface area contributed by atoms with E-state index >= 15 is 0 Å². The van der Waals surface area contributed by atoms with Gasteiger partial charge in [-0.2, -0.15) is 0 Å². The van der Waals surface area contributed by atoms with E-state index in [2.05, 4.69) is 229 Å². The van der Waals surface area contributed by atoms with E-state index in [1.54, 1.807) is 0 Å². The van der Waals surface area contributed by atoms with Crippen LogP contribution in [0.25, 0.3) is 106 Å². The molecule has 3 nitrogen and oxygen atoms in total. The van der Waals surface area contributed by atoms with Crippen molar-refractivity contribution in [3.63, 3.8) is 0 Å². The van der Waals surface area contributed by atoms with Crippen molar-refractivity contribution in [2.75, 3.05) is 0 Å². The third-order valence-electron chi connectivity index (χ3n) is 11.4. The number of imidazole rings is 1. The molecule has 3 heteroatoms. The van der Waals surface area contributed by atoms with Crippen molar-refractivity contribution in [1.29, 1.82) is 0 Å². The number of fused-ring (bicyclic) bond motifs is 3. The lowest BCUT2D eigenvalue weighted by Gasteiger charge is -2.12. The summed E-state index contributed by atoms with van der Waals surface area (Å²) < 4.78 is 2.29. The van der Waals surface area contributed by atoms with E-state index in [9.17, 15) is 0 Å². The van der Waals surface area contributed by atoms with Gasteiger partial charge in [0, 0.05) is 34.0 Å². The zero-order valence-electron chi connectivity index (χ0n) is 32.2. The molecule has 11 aromatic rings. The highest BCUT2D eigenvalue weighted by atomic mass is 15.0. The van der Waals surface area contributed by atoms with Crippen molar-refractivity contribution in [2.45, 2.75) is 0 Å². The van der Waals surface area contributed by atoms with Crippen LogP contribution in [0, 0.1) is 0 Å². The molecule has 0 aliphatic carbocycles. The van der Waals surface area contributed by atoms with E-state index in [4.69, 9.17) is 9.97 Å². The van der Waals surface area contributed by atoms with E-state index in [-0.39, 0.29) is 0 Å². The third kappa shape index (κ3) is 6.45. The van der Waals surface area contributed by atoms with Gasteiger partial charge in [0.15, 0.2) is 0 Å². The Kier molecular flexibility index (Phi) is 8.49. The third-order valence-corrected chi connectivity index (χ3v) is 11.4. The smallest absolute Gasteiger partial charge is 0.145 e. The standard InChI is InChI=1S/C56H37N3/c1-4-14-38(15-5-1)50-34-51(41-18-6-2-7-19-41)56-58-54(55(59(56)37-50)44-20-8-3-9-21-44)43-28-26-42(27-29-43)52-35-49(47-30-24-39-16-10-12-22-45(39)32-47)36-53(57-52)48-31-25-40-17-11-13-23-46(40)33-48/h1-37H. The zero-order chi connectivity index (χ0) is 39.1. The number of rotatable bonds is 7. The number of nitrogens with zero attached hydrogens (tertiary/aromatic N) is 3. The first kappa shape index (κ1) is 34.4. The quantitative estimate of drug-likeness (QED) is 0.162. The maximum absolute atomic E-state index is 5.48. The maximum Gasteiger partial charge on any atom is 0.145 e. The predicted octanol–water partition coefficient (Wildman–Crippen LogP) is 14.7. The molecule has 59 heavy (non-hydrogen) atoms. The van der Waals surface area contributed by atoms with Gasteiger partial charge in [0.1, 0.15) is 5.65 Å². The predicted molar refractivity (Wildman–Crippen MR) is 246 cm³/mol. The number of aromatic nitrogens is 3. The molecule has 3 aromatic heterocycles. The van der Waals surface area contributed by atoms with Crippen LogP contribution in [0.4, 0.5) is 0 Å². The van der Waals surface area contributed by atoms with Gasteiger partial charge in [-0.15, -0.1) is 0 Å².